The van der Waals surface area contributed by atoms with Gasteiger partial charge in [-0.1, -0.05) is 17.8 Å². The number of nitrogens with zero attached hydrogens (tertiary/aromatic N) is 3. The van der Waals surface area contributed by atoms with Crippen molar-refractivity contribution in [3.63, 3.8) is 0 Å². The Labute approximate surface area is 149 Å². The molecule has 0 bridgehead atoms. The van der Waals surface area contributed by atoms with Gasteiger partial charge in [-0.3, -0.25) is 9.89 Å². The fourth-order valence-electron chi connectivity index (χ4n) is 2.36. The molecule has 122 valence electrons. The molecule has 9 heteroatoms. The maximum Gasteiger partial charge on any atom is 0.260 e. The van der Waals surface area contributed by atoms with Gasteiger partial charge in [0.25, 0.3) is 5.56 Å². The molecular formula is C15H13N5OS3. The summed E-state index contributed by atoms with van der Waals surface area (Å²) in [5, 5.41) is 12.2. The average molecular weight is 376 g/mol. The molecule has 0 saturated carbocycles. The maximum atomic E-state index is 12.6. The summed E-state index contributed by atoms with van der Waals surface area (Å²) in [6.07, 6.45) is 0. The van der Waals surface area contributed by atoms with E-state index in [2.05, 4.69) is 25.1 Å². The Bertz CT molecular complexity index is 1050. The van der Waals surface area contributed by atoms with Crippen LogP contribution in [-0.2, 0) is 0 Å². The zero-order valence-electron chi connectivity index (χ0n) is 12.9. The van der Waals surface area contributed by atoms with Crippen molar-refractivity contribution in [2.75, 3.05) is 0 Å². The topological polar surface area (TPSA) is 87.3 Å². The summed E-state index contributed by atoms with van der Waals surface area (Å²) in [5.41, 5.74) is 0.855. The van der Waals surface area contributed by atoms with Crippen molar-refractivity contribution in [1.29, 1.82) is 0 Å². The predicted octanol–water partition coefficient (Wildman–Crippen LogP) is 3.99. The van der Waals surface area contributed by atoms with Crippen molar-refractivity contribution in [3.8, 4) is 10.4 Å². The van der Waals surface area contributed by atoms with Gasteiger partial charge >= 0.3 is 0 Å². The number of nitrogens with one attached hydrogen (secondary N) is 2. The highest BCUT2D eigenvalue weighted by Gasteiger charge is 2.18. The number of aryl methyl sites for hydroxylation is 1. The van der Waals surface area contributed by atoms with E-state index in [0.29, 0.717) is 16.4 Å². The van der Waals surface area contributed by atoms with E-state index in [9.17, 15) is 4.79 Å². The van der Waals surface area contributed by atoms with Gasteiger partial charge in [-0.15, -0.1) is 27.8 Å². The summed E-state index contributed by atoms with van der Waals surface area (Å²) in [5.74, 6) is 1.40. The summed E-state index contributed by atoms with van der Waals surface area (Å²) in [6.45, 7) is 3.83. The van der Waals surface area contributed by atoms with Gasteiger partial charge in [0, 0.05) is 15.8 Å². The number of aromatic nitrogens is 5. The van der Waals surface area contributed by atoms with Crippen LogP contribution in [0.1, 0.15) is 23.8 Å². The monoisotopic (exact) mass is 375 g/mol. The van der Waals surface area contributed by atoms with Crippen LogP contribution in [0, 0.1) is 6.92 Å². The van der Waals surface area contributed by atoms with Crippen LogP contribution in [0.15, 0.2) is 32.8 Å². The van der Waals surface area contributed by atoms with E-state index >= 15 is 0 Å². The second kappa shape index (κ2) is 6.15. The van der Waals surface area contributed by atoms with Gasteiger partial charge in [0.15, 0.2) is 0 Å². The number of H-pyrrole nitrogens is 2. The van der Waals surface area contributed by atoms with Crippen LogP contribution in [0.25, 0.3) is 20.7 Å². The molecule has 0 radical (unpaired) electrons. The summed E-state index contributed by atoms with van der Waals surface area (Å²) in [4.78, 5) is 26.3. The van der Waals surface area contributed by atoms with E-state index in [4.69, 9.17) is 0 Å². The standard InChI is InChI=1S/C15H13N5OS3/c1-7(24-15-16-8(2)19-20-15)12-17-13(21)11-9(6-23-14(11)18-12)10-4-3-5-22-10/h3-7H,1-2H3,(H,16,19,20)(H,17,18,21). The highest BCUT2D eigenvalue weighted by atomic mass is 32.2. The summed E-state index contributed by atoms with van der Waals surface area (Å²) in [7, 11) is 0. The molecule has 0 spiro atoms. The molecule has 4 heterocycles. The van der Waals surface area contributed by atoms with Crippen molar-refractivity contribution in [1.82, 2.24) is 25.1 Å². The Kier molecular flexibility index (Phi) is 3.99. The molecule has 24 heavy (non-hydrogen) atoms. The minimum atomic E-state index is -0.0988. The van der Waals surface area contributed by atoms with Crippen LogP contribution in [0.5, 0.6) is 0 Å². The van der Waals surface area contributed by atoms with Crippen LogP contribution >= 0.6 is 34.4 Å². The number of hydrogen-bond donors (Lipinski definition) is 2. The van der Waals surface area contributed by atoms with Crippen molar-refractivity contribution in [2.24, 2.45) is 0 Å². The van der Waals surface area contributed by atoms with Crippen LogP contribution in [-0.4, -0.2) is 25.1 Å². The molecule has 6 nitrogen and oxygen atoms in total. The van der Waals surface area contributed by atoms with Crippen LogP contribution in [0.2, 0.25) is 0 Å². The molecule has 0 saturated heterocycles. The van der Waals surface area contributed by atoms with Crippen LogP contribution in [0.3, 0.4) is 0 Å². The Morgan fingerprint density at radius 2 is 2.17 bits per heavy atom. The highest BCUT2D eigenvalue weighted by Crippen LogP contribution is 2.35. The van der Waals surface area contributed by atoms with Crippen molar-refractivity contribution >= 4 is 44.7 Å². The van der Waals surface area contributed by atoms with Gasteiger partial charge in [0.05, 0.1) is 10.6 Å². The third-order valence-corrected chi connectivity index (χ3v) is 6.24. The lowest BCUT2D eigenvalue weighted by molar-refractivity contribution is 0.906. The quantitative estimate of drug-likeness (QED) is 0.527. The lowest BCUT2D eigenvalue weighted by atomic mass is 10.2. The van der Waals surface area contributed by atoms with E-state index in [1.54, 1.807) is 11.3 Å². The molecule has 0 amide bonds. The molecule has 0 aromatic carbocycles. The Hall–Kier alpha value is -1.97. The maximum absolute atomic E-state index is 12.6. The third kappa shape index (κ3) is 2.79. The molecule has 0 fully saturated rings. The van der Waals surface area contributed by atoms with Gasteiger partial charge in [0.1, 0.15) is 16.5 Å². The SMILES string of the molecule is Cc1nc(SC(C)c2nc3scc(-c4cccs4)c3c(=O)[nH]2)n[nH]1. The van der Waals surface area contributed by atoms with Gasteiger partial charge in [-0.2, -0.15) is 0 Å². The van der Waals surface area contributed by atoms with E-state index < -0.39 is 0 Å². The summed E-state index contributed by atoms with van der Waals surface area (Å²) in [6, 6.07) is 4.00. The highest BCUT2D eigenvalue weighted by molar-refractivity contribution is 7.99. The zero-order chi connectivity index (χ0) is 16.7. The molecule has 1 atom stereocenters. The third-order valence-electron chi connectivity index (χ3n) is 3.49. The predicted molar refractivity (Wildman–Crippen MR) is 98.9 cm³/mol. The van der Waals surface area contributed by atoms with Crippen molar-refractivity contribution in [2.45, 2.75) is 24.3 Å². The fraction of sp³-hybridized carbons (Fsp3) is 0.200. The van der Waals surface area contributed by atoms with Gasteiger partial charge in [0.2, 0.25) is 5.16 Å². The first-order valence-corrected chi connectivity index (χ1v) is 9.86. The average Bonchev–Trinajstić information content (AvgIpc) is 3.27. The number of thiophene rings is 2. The number of thioether (sulfide) groups is 1. The van der Waals surface area contributed by atoms with Crippen molar-refractivity contribution in [3.05, 3.63) is 44.9 Å². The zero-order valence-corrected chi connectivity index (χ0v) is 15.3. The Morgan fingerprint density at radius 1 is 1.29 bits per heavy atom. The molecule has 4 aromatic rings. The van der Waals surface area contributed by atoms with Gasteiger partial charge in [-0.05, 0) is 25.3 Å². The molecule has 1 unspecified atom stereocenters. The lowest BCUT2D eigenvalue weighted by Gasteiger charge is -2.07. The molecule has 0 aliphatic heterocycles. The Balaban J connectivity index is 1.72. The van der Waals surface area contributed by atoms with Gasteiger partial charge < -0.3 is 4.98 Å². The summed E-state index contributed by atoms with van der Waals surface area (Å²) >= 11 is 4.58. The number of rotatable bonds is 4. The van der Waals surface area contributed by atoms with Gasteiger partial charge in [-0.25, -0.2) is 9.97 Å². The van der Waals surface area contributed by atoms with Crippen LogP contribution in [0.4, 0.5) is 0 Å². The second-order valence-corrected chi connectivity index (χ2v) is 8.34. The molecule has 0 aliphatic carbocycles. The van der Waals surface area contributed by atoms with E-state index in [1.165, 1.54) is 23.1 Å². The minimum Gasteiger partial charge on any atom is -0.309 e. The molecule has 2 N–H and O–H groups in total. The first-order chi connectivity index (χ1) is 11.6. The number of fused-ring (bicyclic) bond motifs is 1. The number of hydrogen-bond acceptors (Lipinski definition) is 7. The van der Waals surface area contributed by atoms with E-state index in [1.807, 2.05) is 36.7 Å². The smallest absolute Gasteiger partial charge is 0.260 e. The second-order valence-electron chi connectivity index (χ2n) is 5.22. The number of aromatic amines is 2. The first kappa shape index (κ1) is 15.6. The fourth-order valence-corrected chi connectivity index (χ4v) is 4.96. The molecule has 4 rings (SSSR count). The normalized spacial score (nSPS) is 12.8. The van der Waals surface area contributed by atoms with Crippen LogP contribution < -0.4 is 5.56 Å². The first-order valence-electron chi connectivity index (χ1n) is 7.23. The van der Waals surface area contributed by atoms with Crippen molar-refractivity contribution < 1.29 is 0 Å². The summed E-state index contributed by atoms with van der Waals surface area (Å²) < 4.78 is 0. The Morgan fingerprint density at radius 3 is 2.88 bits per heavy atom. The lowest BCUT2D eigenvalue weighted by Crippen LogP contribution is -2.12. The molecule has 4 aromatic heterocycles. The minimum absolute atomic E-state index is 0.0513. The van der Waals surface area contributed by atoms with E-state index in [0.717, 1.165) is 21.1 Å². The van der Waals surface area contributed by atoms with E-state index in [-0.39, 0.29) is 10.8 Å². The molecule has 0 aliphatic rings. The largest absolute Gasteiger partial charge is 0.309 e. The molecular weight excluding hydrogens is 362 g/mol.